The van der Waals surface area contributed by atoms with Gasteiger partial charge in [-0.25, -0.2) is 4.79 Å². The third-order valence-electron chi connectivity index (χ3n) is 5.73. The molecule has 0 spiro atoms. The van der Waals surface area contributed by atoms with Gasteiger partial charge in [-0.15, -0.1) is 0 Å². The predicted octanol–water partition coefficient (Wildman–Crippen LogP) is 4.09. The minimum atomic E-state index is -0.382. The van der Waals surface area contributed by atoms with Gasteiger partial charge in [-0.1, -0.05) is 42.5 Å². The smallest absolute Gasteiger partial charge is 0.337 e. The zero-order valence-electron chi connectivity index (χ0n) is 20.7. The van der Waals surface area contributed by atoms with Crippen molar-refractivity contribution in [3.05, 3.63) is 94.9 Å². The zero-order valence-corrected chi connectivity index (χ0v) is 20.7. The van der Waals surface area contributed by atoms with E-state index in [0.29, 0.717) is 38.3 Å². The van der Waals surface area contributed by atoms with E-state index in [4.69, 9.17) is 13.9 Å². The minimum Gasteiger partial charge on any atom is -0.465 e. The monoisotopic (exact) mass is 478 g/mol. The number of rotatable bonds is 13. The fourth-order valence-corrected chi connectivity index (χ4v) is 3.86. The molecule has 7 nitrogen and oxygen atoms in total. The summed E-state index contributed by atoms with van der Waals surface area (Å²) in [6, 6.07) is 21.2. The van der Waals surface area contributed by atoms with Gasteiger partial charge in [0.1, 0.15) is 11.5 Å². The highest BCUT2D eigenvalue weighted by Gasteiger charge is 2.20. The van der Waals surface area contributed by atoms with Crippen LogP contribution in [0.5, 0.6) is 0 Å². The summed E-state index contributed by atoms with van der Waals surface area (Å²) in [5, 5.41) is 0. The van der Waals surface area contributed by atoms with Crippen LogP contribution in [0.25, 0.3) is 0 Å². The van der Waals surface area contributed by atoms with Crippen LogP contribution in [0.15, 0.2) is 71.1 Å². The molecule has 0 unspecified atom stereocenters. The van der Waals surface area contributed by atoms with Crippen molar-refractivity contribution in [2.45, 2.75) is 26.4 Å². The first-order valence-corrected chi connectivity index (χ1v) is 11.7. The molecule has 7 heteroatoms. The summed E-state index contributed by atoms with van der Waals surface area (Å²) in [5.41, 5.74) is 2.59. The van der Waals surface area contributed by atoms with Gasteiger partial charge >= 0.3 is 5.97 Å². The highest BCUT2D eigenvalue weighted by Crippen LogP contribution is 2.14. The Morgan fingerprint density at radius 1 is 0.886 bits per heavy atom. The van der Waals surface area contributed by atoms with Crippen LogP contribution in [0.4, 0.5) is 0 Å². The number of benzene rings is 2. The molecule has 0 saturated heterocycles. The fourth-order valence-electron chi connectivity index (χ4n) is 3.86. The molecule has 1 amide bonds. The SMILES string of the molecule is COCCN(CC(=O)N(CCc1ccccc1)Cc1ccc(C)o1)Cc1cccc(C(=O)OC)c1. The van der Waals surface area contributed by atoms with Gasteiger partial charge in [0.15, 0.2) is 0 Å². The maximum absolute atomic E-state index is 13.5. The van der Waals surface area contributed by atoms with E-state index >= 15 is 0 Å². The normalized spacial score (nSPS) is 11.0. The number of furan rings is 1. The maximum atomic E-state index is 13.5. The number of hydrogen-bond donors (Lipinski definition) is 0. The van der Waals surface area contributed by atoms with Crippen LogP contribution in [-0.4, -0.2) is 62.1 Å². The van der Waals surface area contributed by atoms with Crippen LogP contribution in [0, 0.1) is 6.92 Å². The van der Waals surface area contributed by atoms with Gasteiger partial charge in [-0.3, -0.25) is 9.69 Å². The number of aryl methyl sites for hydroxylation is 1. The summed E-state index contributed by atoms with van der Waals surface area (Å²) >= 11 is 0. The van der Waals surface area contributed by atoms with E-state index < -0.39 is 0 Å². The lowest BCUT2D eigenvalue weighted by molar-refractivity contribution is -0.133. The van der Waals surface area contributed by atoms with Crippen molar-refractivity contribution >= 4 is 11.9 Å². The largest absolute Gasteiger partial charge is 0.465 e. The molecule has 0 atom stereocenters. The van der Waals surface area contributed by atoms with Crippen molar-refractivity contribution in [1.82, 2.24) is 9.80 Å². The van der Waals surface area contributed by atoms with Gasteiger partial charge in [0.25, 0.3) is 0 Å². The van der Waals surface area contributed by atoms with Crippen LogP contribution in [0.3, 0.4) is 0 Å². The highest BCUT2D eigenvalue weighted by molar-refractivity contribution is 5.89. The second-order valence-electron chi connectivity index (χ2n) is 8.46. The van der Waals surface area contributed by atoms with Crippen molar-refractivity contribution in [3.8, 4) is 0 Å². The Kier molecular flexibility index (Phi) is 10.1. The van der Waals surface area contributed by atoms with E-state index in [-0.39, 0.29) is 18.4 Å². The zero-order chi connectivity index (χ0) is 25.0. The quantitative estimate of drug-likeness (QED) is 0.345. The summed E-state index contributed by atoms with van der Waals surface area (Å²) in [6.07, 6.45) is 0.755. The van der Waals surface area contributed by atoms with Gasteiger partial charge in [-0.2, -0.15) is 0 Å². The topological polar surface area (TPSA) is 72.2 Å². The molecule has 0 aliphatic rings. The van der Waals surface area contributed by atoms with Gasteiger partial charge in [0.05, 0.1) is 32.4 Å². The third-order valence-corrected chi connectivity index (χ3v) is 5.73. The first-order valence-electron chi connectivity index (χ1n) is 11.7. The average molecular weight is 479 g/mol. The van der Waals surface area contributed by atoms with E-state index in [1.54, 1.807) is 19.2 Å². The molecule has 0 saturated carbocycles. The minimum absolute atomic E-state index is 0.00945. The molecule has 1 aromatic heterocycles. The van der Waals surface area contributed by atoms with Crippen LogP contribution in [-0.2, 0) is 33.8 Å². The maximum Gasteiger partial charge on any atom is 0.337 e. The summed E-state index contributed by atoms with van der Waals surface area (Å²) in [5.74, 6) is 1.21. The van der Waals surface area contributed by atoms with Crippen LogP contribution in [0.2, 0.25) is 0 Å². The van der Waals surface area contributed by atoms with Crippen molar-refractivity contribution in [3.63, 3.8) is 0 Å². The number of carbonyl (C=O) groups is 2. The van der Waals surface area contributed by atoms with E-state index in [1.807, 2.05) is 59.2 Å². The summed E-state index contributed by atoms with van der Waals surface area (Å²) in [7, 11) is 3.01. The number of esters is 1. The van der Waals surface area contributed by atoms with Crippen LogP contribution in [0.1, 0.15) is 33.0 Å². The molecule has 3 rings (SSSR count). The molecule has 2 aromatic carbocycles. The van der Waals surface area contributed by atoms with Crippen molar-refractivity contribution in [2.75, 3.05) is 40.5 Å². The molecule has 0 bridgehead atoms. The number of nitrogens with zero attached hydrogens (tertiary/aromatic N) is 2. The standard InChI is InChI=1S/C28H34N2O5/c1-22-12-13-26(35-22)20-30(15-14-23-8-5-4-6-9-23)27(31)21-29(16-17-33-2)19-24-10-7-11-25(18-24)28(32)34-3/h4-13,18H,14-17,19-21H2,1-3H3. The van der Waals surface area contributed by atoms with Gasteiger partial charge in [0, 0.05) is 26.7 Å². The number of amides is 1. The molecule has 0 aliphatic heterocycles. The lowest BCUT2D eigenvalue weighted by Gasteiger charge is -2.27. The average Bonchev–Trinajstić information content (AvgIpc) is 3.29. The van der Waals surface area contributed by atoms with Gasteiger partial charge in [-0.05, 0) is 48.7 Å². The molecule has 0 fully saturated rings. The van der Waals surface area contributed by atoms with Crippen molar-refractivity contribution < 1.29 is 23.5 Å². The molecule has 35 heavy (non-hydrogen) atoms. The lowest BCUT2D eigenvalue weighted by atomic mass is 10.1. The molecule has 0 radical (unpaired) electrons. The Bertz CT molecular complexity index is 1080. The Morgan fingerprint density at radius 3 is 2.34 bits per heavy atom. The molecule has 186 valence electrons. The Morgan fingerprint density at radius 2 is 1.66 bits per heavy atom. The fraction of sp³-hybridized carbons (Fsp3) is 0.357. The van der Waals surface area contributed by atoms with E-state index in [2.05, 4.69) is 12.1 Å². The second-order valence-corrected chi connectivity index (χ2v) is 8.46. The van der Waals surface area contributed by atoms with E-state index in [9.17, 15) is 9.59 Å². The molecular formula is C28H34N2O5. The number of methoxy groups -OCH3 is 2. The molecule has 1 heterocycles. The second kappa shape index (κ2) is 13.5. The Balaban J connectivity index is 1.73. The molecule has 0 aliphatic carbocycles. The van der Waals surface area contributed by atoms with Crippen LogP contribution < -0.4 is 0 Å². The Hall–Kier alpha value is -3.42. The third kappa shape index (κ3) is 8.38. The summed E-state index contributed by atoms with van der Waals surface area (Å²) in [4.78, 5) is 29.3. The van der Waals surface area contributed by atoms with E-state index in [0.717, 1.165) is 23.5 Å². The number of ether oxygens (including phenoxy) is 2. The number of hydrogen-bond acceptors (Lipinski definition) is 6. The first-order chi connectivity index (χ1) is 17.0. The first kappa shape index (κ1) is 26.2. The van der Waals surface area contributed by atoms with E-state index in [1.165, 1.54) is 12.7 Å². The van der Waals surface area contributed by atoms with Gasteiger partial charge in [0.2, 0.25) is 5.91 Å². The number of carbonyl (C=O) groups excluding carboxylic acids is 2. The van der Waals surface area contributed by atoms with Crippen molar-refractivity contribution in [2.24, 2.45) is 0 Å². The Labute approximate surface area is 207 Å². The highest BCUT2D eigenvalue weighted by atomic mass is 16.5. The summed E-state index contributed by atoms with van der Waals surface area (Å²) in [6.45, 7) is 4.69. The summed E-state index contributed by atoms with van der Waals surface area (Å²) < 4.78 is 15.9. The molecular weight excluding hydrogens is 444 g/mol. The van der Waals surface area contributed by atoms with Gasteiger partial charge < -0.3 is 18.8 Å². The predicted molar refractivity (Wildman–Crippen MR) is 134 cm³/mol. The lowest BCUT2D eigenvalue weighted by Crippen LogP contribution is -2.41. The molecule has 0 N–H and O–H groups in total. The molecule has 3 aromatic rings. The van der Waals surface area contributed by atoms with Crippen molar-refractivity contribution in [1.29, 1.82) is 0 Å². The van der Waals surface area contributed by atoms with Crippen LogP contribution >= 0.6 is 0 Å².